The van der Waals surface area contributed by atoms with Crippen LogP contribution in [0, 0.1) is 13.8 Å². The Morgan fingerprint density at radius 2 is 1.70 bits per heavy atom. The molecule has 4 rings (SSSR count). The number of amides is 1. The molecule has 0 aliphatic carbocycles. The number of hydrogen-bond donors (Lipinski definition) is 1. The van der Waals surface area contributed by atoms with Crippen LogP contribution >= 0.6 is 0 Å². The average molecular weight is 399 g/mol. The van der Waals surface area contributed by atoms with E-state index in [4.69, 9.17) is 0 Å². The van der Waals surface area contributed by atoms with Gasteiger partial charge in [-0.1, -0.05) is 30.3 Å². The standard InChI is InChI=1S/C24H25N5O/c1-16(2)28-15-25-27-23(28)20-12-8-9-13-22(20)26-24(30)21-14-17(3)29(18(21)4)19-10-6-5-7-11-19/h5-16H,1-4H3,(H,26,30). The Bertz CT molecular complexity index is 1190. The molecule has 6 heteroatoms. The Morgan fingerprint density at radius 1 is 1.00 bits per heavy atom. The first-order valence-corrected chi connectivity index (χ1v) is 10.0. The molecule has 0 saturated heterocycles. The summed E-state index contributed by atoms with van der Waals surface area (Å²) in [5, 5.41) is 11.4. The van der Waals surface area contributed by atoms with Gasteiger partial charge in [-0.25, -0.2) is 0 Å². The van der Waals surface area contributed by atoms with Crippen LogP contribution in [0.1, 0.15) is 41.6 Å². The van der Waals surface area contributed by atoms with Gasteiger partial charge in [-0.3, -0.25) is 4.79 Å². The maximum atomic E-state index is 13.2. The number of carbonyl (C=O) groups excluding carboxylic acids is 1. The SMILES string of the molecule is Cc1cc(C(=O)Nc2ccccc2-c2nncn2C(C)C)c(C)n1-c1ccccc1. The summed E-state index contributed by atoms with van der Waals surface area (Å²) in [6.07, 6.45) is 1.71. The third-order valence-corrected chi connectivity index (χ3v) is 5.24. The fraction of sp³-hybridized carbons (Fsp3) is 0.208. The van der Waals surface area contributed by atoms with Crippen LogP contribution in [0.2, 0.25) is 0 Å². The minimum Gasteiger partial charge on any atom is -0.321 e. The van der Waals surface area contributed by atoms with Gasteiger partial charge in [-0.05, 0) is 58.0 Å². The summed E-state index contributed by atoms with van der Waals surface area (Å²) in [4.78, 5) is 13.2. The average Bonchev–Trinajstić information content (AvgIpc) is 3.34. The highest BCUT2D eigenvalue weighted by molar-refractivity contribution is 6.07. The van der Waals surface area contributed by atoms with Crippen molar-refractivity contribution in [3.63, 3.8) is 0 Å². The highest BCUT2D eigenvalue weighted by Gasteiger charge is 2.19. The number of hydrogen-bond acceptors (Lipinski definition) is 3. The molecule has 30 heavy (non-hydrogen) atoms. The van der Waals surface area contributed by atoms with Crippen LogP contribution in [-0.4, -0.2) is 25.2 Å². The normalized spacial score (nSPS) is 11.1. The molecular weight excluding hydrogens is 374 g/mol. The molecule has 1 N–H and O–H groups in total. The van der Waals surface area contributed by atoms with Gasteiger partial charge >= 0.3 is 0 Å². The zero-order chi connectivity index (χ0) is 21.3. The number of nitrogens with zero attached hydrogens (tertiary/aromatic N) is 4. The Balaban J connectivity index is 1.69. The molecule has 0 saturated carbocycles. The predicted octanol–water partition coefficient (Wildman–Crippen LogP) is 5.19. The van der Waals surface area contributed by atoms with Crippen molar-refractivity contribution in [2.24, 2.45) is 0 Å². The van der Waals surface area contributed by atoms with Gasteiger partial charge in [0.25, 0.3) is 5.91 Å². The lowest BCUT2D eigenvalue weighted by atomic mass is 10.1. The van der Waals surface area contributed by atoms with E-state index in [1.807, 2.05) is 79.1 Å². The molecule has 0 unspecified atom stereocenters. The number of rotatable bonds is 5. The summed E-state index contributed by atoms with van der Waals surface area (Å²) in [5.74, 6) is 0.587. The summed E-state index contributed by atoms with van der Waals surface area (Å²) in [7, 11) is 0. The number of anilines is 1. The van der Waals surface area contributed by atoms with Gasteiger partial charge in [-0.15, -0.1) is 10.2 Å². The molecule has 1 amide bonds. The lowest BCUT2D eigenvalue weighted by Gasteiger charge is -2.14. The zero-order valence-corrected chi connectivity index (χ0v) is 17.6. The van der Waals surface area contributed by atoms with Crippen LogP contribution in [0.15, 0.2) is 67.0 Å². The summed E-state index contributed by atoms with van der Waals surface area (Å²) in [6, 6.07) is 19.9. The molecule has 0 spiro atoms. The monoisotopic (exact) mass is 399 g/mol. The Morgan fingerprint density at radius 3 is 2.43 bits per heavy atom. The molecule has 152 valence electrons. The van der Waals surface area contributed by atoms with E-state index >= 15 is 0 Å². The second-order valence-electron chi connectivity index (χ2n) is 7.61. The van der Waals surface area contributed by atoms with Crippen molar-refractivity contribution in [3.8, 4) is 17.1 Å². The largest absolute Gasteiger partial charge is 0.321 e. The smallest absolute Gasteiger partial charge is 0.257 e. The van der Waals surface area contributed by atoms with E-state index in [9.17, 15) is 4.79 Å². The second kappa shape index (κ2) is 7.99. The first-order chi connectivity index (χ1) is 14.5. The number of carbonyl (C=O) groups is 1. The van der Waals surface area contributed by atoms with Crippen molar-refractivity contribution in [2.75, 3.05) is 5.32 Å². The van der Waals surface area contributed by atoms with E-state index in [1.165, 1.54) is 0 Å². The van der Waals surface area contributed by atoms with E-state index in [2.05, 4.69) is 33.9 Å². The summed E-state index contributed by atoms with van der Waals surface area (Å²) in [6.45, 7) is 8.13. The van der Waals surface area contributed by atoms with Crippen molar-refractivity contribution >= 4 is 11.6 Å². The Hall–Kier alpha value is -3.67. The topological polar surface area (TPSA) is 64.7 Å². The molecule has 6 nitrogen and oxygen atoms in total. The van der Waals surface area contributed by atoms with Crippen LogP contribution in [0.5, 0.6) is 0 Å². The minimum atomic E-state index is -0.145. The highest BCUT2D eigenvalue weighted by Crippen LogP contribution is 2.29. The lowest BCUT2D eigenvalue weighted by molar-refractivity contribution is 0.102. The first-order valence-electron chi connectivity index (χ1n) is 10.0. The van der Waals surface area contributed by atoms with Gasteiger partial charge in [0.15, 0.2) is 5.82 Å². The van der Waals surface area contributed by atoms with E-state index in [-0.39, 0.29) is 11.9 Å². The molecule has 2 aromatic carbocycles. The molecule has 0 aliphatic heterocycles. The van der Waals surface area contributed by atoms with Gasteiger partial charge in [0, 0.05) is 28.7 Å². The fourth-order valence-electron chi connectivity index (χ4n) is 3.76. The van der Waals surface area contributed by atoms with Gasteiger partial charge in [0.2, 0.25) is 0 Å². The minimum absolute atomic E-state index is 0.145. The number of benzene rings is 2. The predicted molar refractivity (Wildman–Crippen MR) is 119 cm³/mol. The Labute approximate surface area is 176 Å². The maximum absolute atomic E-state index is 13.2. The van der Waals surface area contributed by atoms with E-state index in [0.29, 0.717) is 11.3 Å². The van der Waals surface area contributed by atoms with Crippen molar-refractivity contribution in [3.05, 3.63) is 83.9 Å². The zero-order valence-electron chi connectivity index (χ0n) is 17.6. The molecule has 4 aromatic rings. The fourth-order valence-corrected chi connectivity index (χ4v) is 3.76. The molecule has 0 radical (unpaired) electrons. The second-order valence-corrected chi connectivity index (χ2v) is 7.61. The lowest BCUT2D eigenvalue weighted by Crippen LogP contribution is -2.14. The van der Waals surface area contributed by atoms with E-state index in [0.717, 1.165) is 28.5 Å². The third-order valence-electron chi connectivity index (χ3n) is 5.24. The van der Waals surface area contributed by atoms with Crippen LogP contribution in [-0.2, 0) is 0 Å². The van der Waals surface area contributed by atoms with E-state index < -0.39 is 0 Å². The third kappa shape index (κ3) is 3.52. The molecule has 2 heterocycles. The van der Waals surface area contributed by atoms with Crippen molar-refractivity contribution in [2.45, 2.75) is 33.7 Å². The quantitative estimate of drug-likeness (QED) is 0.502. The molecule has 0 bridgehead atoms. The van der Waals surface area contributed by atoms with Gasteiger partial charge in [0.1, 0.15) is 6.33 Å². The van der Waals surface area contributed by atoms with Crippen LogP contribution in [0.4, 0.5) is 5.69 Å². The Kier molecular flexibility index (Phi) is 5.23. The number of aromatic nitrogens is 4. The van der Waals surface area contributed by atoms with E-state index in [1.54, 1.807) is 6.33 Å². The molecule has 2 aromatic heterocycles. The molecule has 0 aliphatic rings. The summed E-state index contributed by atoms with van der Waals surface area (Å²) >= 11 is 0. The van der Waals surface area contributed by atoms with Crippen LogP contribution in [0.25, 0.3) is 17.1 Å². The van der Waals surface area contributed by atoms with Crippen LogP contribution < -0.4 is 5.32 Å². The number of aryl methyl sites for hydroxylation is 1. The summed E-state index contributed by atoms with van der Waals surface area (Å²) in [5.41, 5.74) is 5.15. The van der Waals surface area contributed by atoms with Gasteiger partial charge < -0.3 is 14.5 Å². The van der Waals surface area contributed by atoms with Crippen LogP contribution in [0.3, 0.4) is 0 Å². The van der Waals surface area contributed by atoms with Crippen molar-refractivity contribution < 1.29 is 4.79 Å². The van der Waals surface area contributed by atoms with Crippen molar-refractivity contribution in [1.82, 2.24) is 19.3 Å². The number of nitrogens with one attached hydrogen (secondary N) is 1. The maximum Gasteiger partial charge on any atom is 0.257 e. The molecule has 0 atom stereocenters. The molecule has 0 fully saturated rings. The van der Waals surface area contributed by atoms with Crippen molar-refractivity contribution in [1.29, 1.82) is 0 Å². The van der Waals surface area contributed by atoms with Gasteiger partial charge in [0.05, 0.1) is 11.3 Å². The highest BCUT2D eigenvalue weighted by atomic mass is 16.1. The summed E-state index contributed by atoms with van der Waals surface area (Å²) < 4.78 is 4.09. The van der Waals surface area contributed by atoms with Gasteiger partial charge in [-0.2, -0.15) is 0 Å². The first kappa shape index (κ1) is 19.6. The number of para-hydroxylation sites is 2. The molecular formula is C24H25N5O.